The molecule has 4 aromatic rings. The standard InChI is InChI=1S/C28H28F3N5O2/c1-18(21-12-22(28(29,30)31)14-23(13-21)38-17-20-6-4-3-5-7-20)33-27-24-15-26(36-8-10-37-11-9-36)32-16-25(24)19(2)34-35-27/h3-7,12-16,18H,8-11,17H2,1-2H3,(H,33,35). The summed E-state index contributed by atoms with van der Waals surface area (Å²) < 4.78 is 52.5. The molecule has 1 saturated heterocycles. The highest BCUT2D eigenvalue weighted by molar-refractivity contribution is 5.94. The van der Waals surface area contributed by atoms with Crippen molar-refractivity contribution in [3.05, 3.63) is 83.2 Å². The van der Waals surface area contributed by atoms with Gasteiger partial charge in [-0.1, -0.05) is 30.3 Å². The van der Waals surface area contributed by atoms with Crippen LogP contribution in [0.4, 0.5) is 24.8 Å². The van der Waals surface area contributed by atoms with E-state index in [1.54, 1.807) is 19.2 Å². The number of nitrogens with one attached hydrogen (secondary N) is 1. The van der Waals surface area contributed by atoms with E-state index in [2.05, 4.69) is 25.4 Å². The Labute approximate surface area is 218 Å². The number of morpholine rings is 1. The molecule has 2 aromatic carbocycles. The average molecular weight is 524 g/mol. The Bertz CT molecular complexity index is 1410. The van der Waals surface area contributed by atoms with E-state index in [9.17, 15) is 13.2 Å². The zero-order valence-corrected chi connectivity index (χ0v) is 21.1. The van der Waals surface area contributed by atoms with Gasteiger partial charge in [0.25, 0.3) is 0 Å². The molecule has 0 radical (unpaired) electrons. The Hall–Kier alpha value is -3.92. The van der Waals surface area contributed by atoms with Crippen LogP contribution in [-0.4, -0.2) is 41.5 Å². The lowest BCUT2D eigenvalue weighted by Gasteiger charge is -2.28. The topological polar surface area (TPSA) is 72.4 Å². The minimum atomic E-state index is -4.52. The maximum atomic E-state index is 13.8. The summed E-state index contributed by atoms with van der Waals surface area (Å²) in [4.78, 5) is 6.73. The zero-order chi connectivity index (χ0) is 26.7. The monoisotopic (exact) mass is 523 g/mol. The van der Waals surface area contributed by atoms with E-state index in [1.165, 1.54) is 0 Å². The summed E-state index contributed by atoms with van der Waals surface area (Å²) in [5.41, 5.74) is 1.23. The van der Waals surface area contributed by atoms with Crippen LogP contribution in [0.3, 0.4) is 0 Å². The van der Waals surface area contributed by atoms with Crippen molar-refractivity contribution in [2.45, 2.75) is 32.7 Å². The second kappa shape index (κ2) is 10.8. The first-order chi connectivity index (χ1) is 18.3. The third kappa shape index (κ3) is 5.80. The van der Waals surface area contributed by atoms with Crippen LogP contribution >= 0.6 is 0 Å². The van der Waals surface area contributed by atoms with Crippen LogP contribution in [0.5, 0.6) is 5.75 Å². The molecule has 38 heavy (non-hydrogen) atoms. The minimum absolute atomic E-state index is 0.144. The van der Waals surface area contributed by atoms with Gasteiger partial charge in [0, 0.05) is 30.1 Å². The van der Waals surface area contributed by atoms with E-state index in [-0.39, 0.29) is 12.4 Å². The molecule has 3 heterocycles. The van der Waals surface area contributed by atoms with Gasteiger partial charge in [0.15, 0.2) is 5.82 Å². The van der Waals surface area contributed by atoms with Gasteiger partial charge in [0.1, 0.15) is 18.2 Å². The fourth-order valence-electron chi connectivity index (χ4n) is 4.38. The van der Waals surface area contributed by atoms with Crippen molar-refractivity contribution in [1.82, 2.24) is 15.2 Å². The Kier molecular flexibility index (Phi) is 7.33. The first-order valence-electron chi connectivity index (χ1n) is 12.4. The van der Waals surface area contributed by atoms with Crippen molar-refractivity contribution >= 4 is 22.4 Å². The molecule has 0 aliphatic carbocycles. The van der Waals surface area contributed by atoms with Crippen molar-refractivity contribution in [2.24, 2.45) is 0 Å². The third-order valence-corrected chi connectivity index (χ3v) is 6.53. The highest BCUT2D eigenvalue weighted by atomic mass is 19.4. The largest absolute Gasteiger partial charge is 0.489 e. The Morgan fingerprint density at radius 1 is 1.03 bits per heavy atom. The number of nitrogens with zero attached hydrogens (tertiary/aromatic N) is 4. The number of ether oxygens (including phenoxy) is 2. The predicted molar refractivity (Wildman–Crippen MR) is 139 cm³/mol. The van der Waals surface area contributed by atoms with Crippen molar-refractivity contribution < 1.29 is 22.6 Å². The van der Waals surface area contributed by atoms with Gasteiger partial charge in [0.2, 0.25) is 0 Å². The molecule has 10 heteroatoms. The molecule has 7 nitrogen and oxygen atoms in total. The van der Waals surface area contributed by atoms with Crippen LogP contribution in [0.15, 0.2) is 60.8 Å². The van der Waals surface area contributed by atoms with Crippen LogP contribution in [0.2, 0.25) is 0 Å². The molecule has 1 aliphatic rings. The summed E-state index contributed by atoms with van der Waals surface area (Å²) >= 11 is 0. The summed E-state index contributed by atoms with van der Waals surface area (Å²) in [6.07, 6.45) is -2.75. The van der Waals surface area contributed by atoms with Gasteiger partial charge in [-0.2, -0.15) is 18.3 Å². The predicted octanol–water partition coefficient (Wildman–Crippen LogP) is 5.94. The van der Waals surface area contributed by atoms with Crippen molar-refractivity contribution in [1.29, 1.82) is 0 Å². The van der Waals surface area contributed by atoms with Gasteiger partial charge in [-0.15, -0.1) is 5.10 Å². The first kappa shape index (κ1) is 25.7. The smallest absolute Gasteiger partial charge is 0.416 e. The Balaban J connectivity index is 1.45. The van der Waals surface area contributed by atoms with E-state index in [0.29, 0.717) is 24.6 Å². The molecule has 0 bridgehead atoms. The molecule has 1 unspecified atom stereocenters. The summed E-state index contributed by atoms with van der Waals surface area (Å²) in [5.74, 6) is 1.41. The number of pyridine rings is 1. The molecule has 0 saturated carbocycles. The summed E-state index contributed by atoms with van der Waals surface area (Å²) in [6, 6.07) is 14.5. The van der Waals surface area contributed by atoms with Crippen LogP contribution in [0, 0.1) is 6.92 Å². The number of benzene rings is 2. The van der Waals surface area contributed by atoms with Crippen molar-refractivity contribution in [3.63, 3.8) is 0 Å². The second-order valence-electron chi connectivity index (χ2n) is 9.25. The lowest BCUT2D eigenvalue weighted by Crippen LogP contribution is -2.36. The van der Waals surface area contributed by atoms with Crippen LogP contribution in [-0.2, 0) is 17.5 Å². The number of hydrogen-bond donors (Lipinski definition) is 1. The normalized spacial score (nSPS) is 14.9. The quantitative estimate of drug-likeness (QED) is 0.321. The zero-order valence-electron chi connectivity index (χ0n) is 21.1. The van der Waals surface area contributed by atoms with E-state index in [4.69, 9.17) is 9.47 Å². The van der Waals surface area contributed by atoms with Crippen molar-refractivity contribution in [2.75, 3.05) is 36.5 Å². The highest BCUT2D eigenvalue weighted by Crippen LogP contribution is 2.36. The number of aromatic nitrogens is 3. The molecule has 198 valence electrons. The number of halogens is 3. The number of hydrogen-bond acceptors (Lipinski definition) is 7. The first-order valence-corrected chi connectivity index (χ1v) is 12.4. The minimum Gasteiger partial charge on any atom is -0.489 e. The van der Waals surface area contributed by atoms with Crippen LogP contribution < -0.4 is 15.0 Å². The lowest BCUT2D eigenvalue weighted by molar-refractivity contribution is -0.137. The van der Waals surface area contributed by atoms with E-state index < -0.39 is 17.8 Å². The number of anilines is 2. The maximum absolute atomic E-state index is 13.8. The molecule has 1 aliphatic heterocycles. The van der Waals surface area contributed by atoms with Crippen LogP contribution in [0.25, 0.3) is 10.8 Å². The lowest BCUT2D eigenvalue weighted by atomic mass is 10.0. The molecule has 0 amide bonds. The highest BCUT2D eigenvalue weighted by Gasteiger charge is 2.32. The van der Waals surface area contributed by atoms with Gasteiger partial charge >= 0.3 is 6.18 Å². The molecular weight excluding hydrogens is 495 g/mol. The number of alkyl halides is 3. The second-order valence-corrected chi connectivity index (χ2v) is 9.25. The van der Waals surface area contributed by atoms with Crippen LogP contribution in [0.1, 0.15) is 35.3 Å². The van der Waals surface area contributed by atoms with Crippen molar-refractivity contribution in [3.8, 4) is 5.75 Å². The molecule has 1 atom stereocenters. The van der Waals surface area contributed by atoms with E-state index >= 15 is 0 Å². The molecular formula is C28H28F3N5O2. The summed E-state index contributed by atoms with van der Waals surface area (Å²) in [7, 11) is 0. The number of aryl methyl sites for hydroxylation is 1. The third-order valence-electron chi connectivity index (χ3n) is 6.53. The van der Waals surface area contributed by atoms with Gasteiger partial charge in [-0.05, 0) is 49.2 Å². The molecule has 1 N–H and O–H groups in total. The van der Waals surface area contributed by atoms with Gasteiger partial charge in [-0.25, -0.2) is 4.98 Å². The summed E-state index contributed by atoms with van der Waals surface area (Å²) in [6.45, 7) is 6.50. The Morgan fingerprint density at radius 3 is 2.53 bits per heavy atom. The Morgan fingerprint density at radius 2 is 1.79 bits per heavy atom. The molecule has 5 rings (SSSR count). The van der Waals surface area contributed by atoms with E-state index in [1.807, 2.05) is 43.3 Å². The fourth-order valence-corrected chi connectivity index (χ4v) is 4.38. The number of fused-ring (bicyclic) bond motifs is 1. The number of rotatable bonds is 7. The van der Waals surface area contributed by atoms with Gasteiger partial charge < -0.3 is 19.7 Å². The molecule has 1 fully saturated rings. The molecule has 2 aromatic heterocycles. The SMILES string of the molecule is Cc1nnc(NC(C)c2cc(OCc3ccccc3)cc(C(F)(F)F)c2)c2cc(N3CCOCC3)ncc12. The van der Waals surface area contributed by atoms with Gasteiger partial charge in [-0.3, -0.25) is 0 Å². The fraction of sp³-hybridized carbons (Fsp3) is 0.321. The molecule has 0 spiro atoms. The summed E-state index contributed by atoms with van der Waals surface area (Å²) in [5, 5.41) is 13.5. The average Bonchev–Trinajstić information content (AvgIpc) is 2.93. The maximum Gasteiger partial charge on any atom is 0.416 e. The van der Waals surface area contributed by atoms with Gasteiger partial charge in [0.05, 0.1) is 30.5 Å². The van der Waals surface area contributed by atoms with E-state index in [0.717, 1.165) is 53.1 Å².